The molecule has 0 unspecified atom stereocenters. The lowest BCUT2D eigenvalue weighted by atomic mass is 10.1. The van der Waals surface area contributed by atoms with Crippen LogP contribution in [0.2, 0.25) is 0 Å². The molecule has 2 heterocycles. The van der Waals surface area contributed by atoms with Gasteiger partial charge in [-0.05, 0) is 55.8 Å². The van der Waals surface area contributed by atoms with E-state index in [1.807, 2.05) is 6.92 Å². The van der Waals surface area contributed by atoms with Crippen LogP contribution < -0.4 is 14.2 Å². The van der Waals surface area contributed by atoms with Crippen LogP contribution in [0.3, 0.4) is 0 Å². The van der Waals surface area contributed by atoms with Gasteiger partial charge >= 0.3 is 5.97 Å². The number of rotatable bonds is 6. The summed E-state index contributed by atoms with van der Waals surface area (Å²) in [6.45, 7) is 4.02. The summed E-state index contributed by atoms with van der Waals surface area (Å²) in [7, 11) is 0. The fourth-order valence-corrected chi connectivity index (χ4v) is 3.98. The van der Waals surface area contributed by atoms with Crippen LogP contribution >= 0.6 is 0 Å². The SMILES string of the molecule is CCOc1ccc2oc(C)c(C(=O)Oc3ccc4c(c3)OC(=Cc3cccc([N+](=O)[O-])c3)C4=O)c2c1. The molecule has 0 fully saturated rings. The number of ether oxygens (including phenoxy) is 3. The number of Topliss-reactive ketones (excluding diaryl/α,β-unsaturated/α-hetero) is 1. The Morgan fingerprint density at radius 3 is 2.67 bits per heavy atom. The summed E-state index contributed by atoms with van der Waals surface area (Å²) in [5.74, 6) is 0.401. The largest absolute Gasteiger partial charge is 0.494 e. The maximum absolute atomic E-state index is 13.0. The molecule has 0 saturated carbocycles. The van der Waals surface area contributed by atoms with Crippen molar-refractivity contribution >= 4 is 34.5 Å². The van der Waals surface area contributed by atoms with E-state index in [4.69, 9.17) is 18.6 Å². The van der Waals surface area contributed by atoms with Crippen molar-refractivity contribution in [1.82, 2.24) is 0 Å². The van der Waals surface area contributed by atoms with Crippen molar-refractivity contribution < 1.29 is 33.1 Å². The highest BCUT2D eigenvalue weighted by atomic mass is 16.6. The zero-order chi connectivity index (χ0) is 25.4. The second-order valence-corrected chi connectivity index (χ2v) is 7.96. The quantitative estimate of drug-likeness (QED) is 0.109. The number of carbonyl (C=O) groups is 2. The Balaban J connectivity index is 1.40. The van der Waals surface area contributed by atoms with Crippen LogP contribution in [0, 0.1) is 17.0 Å². The first-order valence-electron chi connectivity index (χ1n) is 11.0. The van der Waals surface area contributed by atoms with Gasteiger partial charge < -0.3 is 18.6 Å². The Labute approximate surface area is 204 Å². The molecule has 1 aromatic heterocycles. The van der Waals surface area contributed by atoms with E-state index in [0.29, 0.717) is 34.6 Å². The van der Waals surface area contributed by atoms with Gasteiger partial charge in [0.05, 0.1) is 17.1 Å². The van der Waals surface area contributed by atoms with Gasteiger partial charge in [-0.3, -0.25) is 14.9 Å². The molecular weight excluding hydrogens is 466 g/mol. The number of hydrogen-bond donors (Lipinski definition) is 0. The molecule has 0 bridgehead atoms. The van der Waals surface area contributed by atoms with Gasteiger partial charge in [0, 0.05) is 23.6 Å². The number of aryl methyl sites for hydroxylation is 1. The van der Waals surface area contributed by atoms with Gasteiger partial charge in [-0.15, -0.1) is 0 Å². The molecule has 3 aromatic carbocycles. The summed E-state index contributed by atoms with van der Waals surface area (Å²) in [4.78, 5) is 36.3. The number of nitro benzene ring substituents is 1. The van der Waals surface area contributed by atoms with E-state index in [0.717, 1.165) is 0 Å². The minimum absolute atomic E-state index is 0.00843. The second-order valence-electron chi connectivity index (χ2n) is 7.96. The third kappa shape index (κ3) is 4.18. The molecule has 0 amide bonds. The average Bonchev–Trinajstić information content (AvgIpc) is 3.34. The van der Waals surface area contributed by atoms with Gasteiger partial charge in [0.25, 0.3) is 5.69 Å². The first kappa shape index (κ1) is 22.9. The van der Waals surface area contributed by atoms with Crippen LogP contribution in [0.25, 0.3) is 17.0 Å². The number of carbonyl (C=O) groups excluding carboxylic acids is 2. The Morgan fingerprint density at radius 2 is 1.89 bits per heavy atom. The zero-order valence-corrected chi connectivity index (χ0v) is 19.3. The smallest absolute Gasteiger partial charge is 0.347 e. The third-order valence-electron chi connectivity index (χ3n) is 5.58. The van der Waals surface area contributed by atoms with Crippen LogP contribution in [-0.2, 0) is 0 Å². The molecule has 180 valence electrons. The maximum atomic E-state index is 13.0. The molecule has 5 rings (SSSR count). The minimum atomic E-state index is -0.628. The summed E-state index contributed by atoms with van der Waals surface area (Å²) in [5, 5.41) is 11.6. The average molecular weight is 485 g/mol. The normalized spacial score (nSPS) is 13.5. The van der Waals surface area contributed by atoms with Crippen molar-refractivity contribution in [1.29, 1.82) is 0 Å². The van der Waals surface area contributed by atoms with E-state index < -0.39 is 10.9 Å². The Bertz CT molecular complexity index is 1580. The van der Waals surface area contributed by atoms with Gasteiger partial charge in [0.2, 0.25) is 5.78 Å². The number of benzene rings is 3. The molecule has 1 aliphatic rings. The molecule has 9 nitrogen and oxygen atoms in total. The Hall–Kier alpha value is -4.92. The number of allylic oxidation sites excluding steroid dienone is 1. The number of nitro groups is 1. The van der Waals surface area contributed by atoms with Crippen LogP contribution in [0.15, 0.2) is 70.8 Å². The number of hydrogen-bond acceptors (Lipinski definition) is 8. The molecule has 0 atom stereocenters. The van der Waals surface area contributed by atoms with Crippen molar-refractivity contribution in [3.63, 3.8) is 0 Å². The second kappa shape index (κ2) is 9.03. The molecular formula is C27H19NO8. The number of nitrogens with zero attached hydrogens (tertiary/aromatic N) is 1. The topological polar surface area (TPSA) is 118 Å². The van der Waals surface area contributed by atoms with Crippen LogP contribution in [0.4, 0.5) is 5.69 Å². The van der Waals surface area contributed by atoms with Gasteiger partial charge in [0.1, 0.15) is 34.2 Å². The van der Waals surface area contributed by atoms with Crippen LogP contribution in [0.1, 0.15) is 39.0 Å². The summed E-state index contributed by atoms with van der Waals surface area (Å²) >= 11 is 0. The van der Waals surface area contributed by atoms with Gasteiger partial charge in [-0.1, -0.05) is 12.1 Å². The van der Waals surface area contributed by atoms with E-state index in [-0.39, 0.29) is 39.9 Å². The number of non-ortho nitro benzene ring substituents is 1. The van der Waals surface area contributed by atoms with E-state index >= 15 is 0 Å². The lowest BCUT2D eigenvalue weighted by Gasteiger charge is -2.06. The number of ketones is 1. The maximum Gasteiger partial charge on any atom is 0.347 e. The molecule has 1 aliphatic heterocycles. The summed E-state index contributed by atoms with van der Waals surface area (Å²) in [6, 6.07) is 15.5. The lowest BCUT2D eigenvalue weighted by molar-refractivity contribution is -0.384. The third-order valence-corrected chi connectivity index (χ3v) is 5.58. The molecule has 0 radical (unpaired) electrons. The minimum Gasteiger partial charge on any atom is -0.494 e. The fourth-order valence-electron chi connectivity index (χ4n) is 3.98. The van der Waals surface area contributed by atoms with E-state index in [1.165, 1.54) is 42.5 Å². The molecule has 0 spiro atoms. The number of fused-ring (bicyclic) bond motifs is 2. The summed E-state index contributed by atoms with van der Waals surface area (Å²) in [5.41, 5.74) is 1.44. The molecule has 0 aliphatic carbocycles. The predicted molar refractivity (Wildman–Crippen MR) is 130 cm³/mol. The van der Waals surface area contributed by atoms with Crippen molar-refractivity contribution in [3.8, 4) is 17.2 Å². The highest BCUT2D eigenvalue weighted by molar-refractivity contribution is 6.14. The summed E-state index contributed by atoms with van der Waals surface area (Å²) < 4.78 is 22.5. The standard InChI is InChI=1S/C27H19NO8/c1-3-33-18-8-10-22-21(13-18)25(15(2)34-22)27(30)35-19-7-9-20-23(14-19)36-24(26(20)29)12-16-5-4-6-17(11-16)28(31)32/h4-14H,3H2,1-2H3. The molecule has 4 aromatic rings. The van der Waals surface area contributed by atoms with Gasteiger partial charge in [0.15, 0.2) is 5.76 Å². The van der Waals surface area contributed by atoms with E-state index in [9.17, 15) is 19.7 Å². The van der Waals surface area contributed by atoms with Crippen molar-refractivity contribution in [3.05, 3.63) is 99.0 Å². The number of furan rings is 1. The number of esters is 1. The van der Waals surface area contributed by atoms with Gasteiger partial charge in [-0.2, -0.15) is 0 Å². The predicted octanol–water partition coefficient (Wildman–Crippen LogP) is 5.88. The van der Waals surface area contributed by atoms with Crippen molar-refractivity contribution in [2.45, 2.75) is 13.8 Å². The zero-order valence-electron chi connectivity index (χ0n) is 19.3. The van der Waals surface area contributed by atoms with E-state index in [2.05, 4.69) is 0 Å². The van der Waals surface area contributed by atoms with Crippen LogP contribution in [0.5, 0.6) is 17.2 Å². The Kier molecular flexibility index (Phi) is 5.73. The molecule has 9 heteroatoms. The first-order valence-corrected chi connectivity index (χ1v) is 11.0. The molecule has 0 N–H and O–H groups in total. The first-order chi connectivity index (χ1) is 17.3. The molecule has 0 saturated heterocycles. The highest BCUT2D eigenvalue weighted by Crippen LogP contribution is 2.36. The highest BCUT2D eigenvalue weighted by Gasteiger charge is 2.29. The van der Waals surface area contributed by atoms with Crippen LogP contribution in [-0.4, -0.2) is 23.3 Å². The van der Waals surface area contributed by atoms with E-state index in [1.54, 1.807) is 31.2 Å². The van der Waals surface area contributed by atoms with Crippen molar-refractivity contribution in [2.75, 3.05) is 6.61 Å². The molecule has 36 heavy (non-hydrogen) atoms. The fraction of sp³-hybridized carbons (Fsp3) is 0.111. The summed E-state index contributed by atoms with van der Waals surface area (Å²) in [6.07, 6.45) is 1.43. The lowest BCUT2D eigenvalue weighted by Crippen LogP contribution is -2.09. The monoisotopic (exact) mass is 485 g/mol. The van der Waals surface area contributed by atoms with Gasteiger partial charge in [-0.25, -0.2) is 4.79 Å². The van der Waals surface area contributed by atoms with Crippen molar-refractivity contribution in [2.24, 2.45) is 0 Å². The Morgan fingerprint density at radius 1 is 1.08 bits per heavy atom.